The van der Waals surface area contributed by atoms with Gasteiger partial charge in [-0.05, 0) is 17.9 Å². The summed E-state index contributed by atoms with van der Waals surface area (Å²) in [6.45, 7) is 4.04. The third-order valence-corrected chi connectivity index (χ3v) is 2.17. The standard InChI is InChI=1S/C9H14O2/c1-3-4-7-6(2)5-8(10)9(7)11/h6,11H,3-5H2,1-2H3. The van der Waals surface area contributed by atoms with Crippen LogP contribution in [0.3, 0.4) is 0 Å². The van der Waals surface area contributed by atoms with Crippen molar-refractivity contribution in [3.05, 3.63) is 11.3 Å². The zero-order valence-electron chi connectivity index (χ0n) is 7.05. The zero-order valence-corrected chi connectivity index (χ0v) is 7.05. The quantitative estimate of drug-likeness (QED) is 0.662. The Labute approximate surface area is 66.9 Å². The summed E-state index contributed by atoms with van der Waals surface area (Å²) in [4.78, 5) is 11.0. The summed E-state index contributed by atoms with van der Waals surface area (Å²) in [6.07, 6.45) is 2.36. The third-order valence-electron chi connectivity index (χ3n) is 2.17. The Morgan fingerprint density at radius 1 is 1.64 bits per heavy atom. The molecule has 1 aliphatic rings. The zero-order chi connectivity index (χ0) is 8.43. The average molecular weight is 154 g/mol. The Morgan fingerprint density at radius 2 is 2.27 bits per heavy atom. The second kappa shape index (κ2) is 3.07. The molecular weight excluding hydrogens is 140 g/mol. The molecule has 0 aromatic carbocycles. The molecule has 2 heteroatoms. The number of aliphatic hydroxyl groups is 1. The minimum Gasteiger partial charge on any atom is -0.504 e. The molecule has 1 rings (SSSR count). The normalized spacial score (nSPS) is 24.9. The second-order valence-electron chi connectivity index (χ2n) is 3.15. The number of carbonyl (C=O) groups is 1. The molecule has 0 amide bonds. The van der Waals surface area contributed by atoms with Gasteiger partial charge in [0.2, 0.25) is 0 Å². The van der Waals surface area contributed by atoms with Gasteiger partial charge in [0.1, 0.15) is 0 Å². The summed E-state index contributed by atoms with van der Waals surface area (Å²) in [7, 11) is 0. The van der Waals surface area contributed by atoms with Crippen molar-refractivity contribution in [1.29, 1.82) is 0 Å². The fraction of sp³-hybridized carbons (Fsp3) is 0.667. The molecule has 0 aromatic rings. The molecule has 0 saturated heterocycles. The lowest BCUT2D eigenvalue weighted by atomic mass is 10.0. The summed E-state index contributed by atoms with van der Waals surface area (Å²) < 4.78 is 0. The van der Waals surface area contributed by atoms with Crippen LogP contribution >= 0.6 is 0 Å². The van der Waals surface area contributed by atoms with Crippen molar-refractivity contribution in [2.45, 2.75) is 33.1 Å². The molecule has 0 radical (unpaired) electrons. The van der Waals surface area contributed by atoms with Crippen LogP contribution in [0.25, 0.3) is 0 Å². The monoisotopic (exact) mass is 154 g/mol. The van der Waals surface area contributed by atoms with Gasteiger partial charge in [0.15, 0.2) is 11.5 Å². The lowest BCUT2D eigenvalue weighted by Gasteiger charge is -2.04. The Kier molecular flexibility index (Phi) is 2.32. The van der Waals surface area contributed by atoms with E-state index in [1.165, 1.54) is 0 Å². The fourth-order valence-electron chi connectivity index (χ4n) is 1.54. The minimum absolute atomic E-state index is 0.0411. The summed E-state index contributed by atoms with van der Waals surface area (Å²) >= 11 is 0. The highest BCUT2D eigenvalue weighted by Crippen LogP contribution is 2.30. The minimum atomic E-state index is -0.0825. The fourth-order valence-corrected chi connectivity index (χ4v) is 1.54. The van der Waals surface area contributed by atoms with E-state index in [2.05, 4.69) is 6.92 Å². The van der Waals surface area contributed by atoms with E-state index < -0.39 is 0 Å². The molecule has 0 aromatic heterocycles. The third kappa shape index (κ3) is 1.44. The number of aliphatic hydroxyl groups excluding tert-OH is 1. The van der Waals surface area contributed by atoms with Crippen LogP contribution in [-0.2, 0) is 4.79 Å². The number of hydrogen-bond acceptors (Lipinski definition) is 2. The Bertz CT molecular complexity index is 204. The summed E-state index contributed by atoms with van der Waals surface area (Å²) in [5, 5.41) is 9.29. The van der Waals surface area contributed by atoms with E-state index in [1.54, 1.807) is 0 Å². The van der Waals surface area contributed by atoms with Crippen molar-refractivity contribution in [3.8, 4) is 0 Å². The van der Waals surface area contributed by atoms with E-state index in [9.17, 15) is 9.90 Å². The molecule has 11 heavy (non-hydrogen) atoms. The van der Waals surface area contributed by atoms with E-state index in [0.29, 0.717) is 6.42 Å². The molecule has 0 spiro atoms. The summed E-state index contributed by atoms with van der Waals surface area (Å²) in [5.74, 6) is 0.225. The van der Waals surface area contributed by atoms with E-state index in [0.717, 1.165) is 18.4 Å². The van der Waals surface area contributed by atoms with Crippen LogP contribution in [0, 0.1) is 5.92 Å². The maximum absolute atomic E-state index is 11.0. The highest BCUT2D eigenvalue weighted by Gasteiger charge is 2.27. The second-order valence-corrected chi connectivity index (χ2v) is 3.15. The molecule has 2 nitrogen and oxygen atoms in total. The van der Waals surface area contributed by atoms with Gasteiger partial charge in [-0.1, -0.05) is 20.3 Å². The van der Waals surface area contributed by atoms with Crippen molar-refractivity contribution >= 4 is 5.78 Å². The van der Waals surface area contributed by atoms with E-state index >= 15 is 0 Å². The van der Waals surface area contributed by atoms with Crippen molar-refractivity contribution in [3.63, 3.8) is 0 Å². The molecule has 0 aliphatic heterocycles. The molecule has 0 fully saturated rings. The van der Waals surface area contributed by atoms with Gasteiger partial charge in [0.25, 0.3) is 0 Å². The first-order chi connectivity index (χ1) is 5.16. The van der Waals surface area contributed by atoms with Crippen molar-refractivity contribution in [1.82, 2.24) is 0 Å². The maximum atomic E-state index is 11.0. The number of ketones is 1. The summed E-state index contributed by atoms with van der Waals surface area (Å²) in [5.41, 5.74) is 0.956. The molecule has 0 saturated carbocycles. The number of rotatable bonds is 2. The molecular formula is C9H14O2. The van der Waals surface area contributed by atoms with Crippen LogP contribution < -0.4 is 0 Å². The highest BCUT2D eigenvalue weighted by atomic mass is 16.3. The maximum Gasteiger partial charge on any atom is 0.197 e. The average Bonchev–Trinajstić information content (AvgIpc) is 2.17. The van der Waals surface area contributed by atoms with E-state index in [4.69, 9.17) is 0 Å². The first kappa shape index (κ1) is 8.31. The van der Waals surface area contributed by atoms with Crippen molar-refractivity contribution in [2.24, 2.45) is 5.92 Å². The van der Waals surface area contributed by atoms with Crippen LogP contribution in [0.1, 0.15) is 33.1 Å². The Morgan fingerprint density at radius 3 is 2.64 bits per heavy atom. The number of hydrogen-bond donors (Lipinski definition) is 1. The topological polar surface area (TPSA) is 37.3 Å². The van der Waals surface area contributed by atoms with Gasteiger partial charge in [-0.15, -0.1) is 0 Å². The molecule has 62 valence electrons. The molecule has 0 heterocycles. The number of allylic oxidation sites excluding steroid dienone is 2. The van der Waals surface area contributed by atoms with Gasteiger partial charge in [-0.2, -0.15) is 0 Å². The molecule has 1 atom stereocenters. The van der Waals surface area contributed by atoms with Gasteiger partial charge in [-0.25, -0.2) is 0 Å². The lowest BCUT2D eigenvalue weighted by molar-refractivity contribution is -0.117. The van der Waals surface area contributed by atoms with Gasteiger partial charge in [0, 0.05) is 6.42 Å². The van der Waals surface area contributed by atoms with Gasteiger partial charge >= 0.3 is 0 Å². The SMILES string of the molecule is CCCC1=C(O)C(=O)CC1C. The van der Waals surface area contributed by atoms with E-state index in [1.807, 2.05) is 6.92 Å². The Hall–Kier alpha value is -0.790. The molecule has 0 bridgehead atoms. The largest absolute Gasteiger partial charge is 0.504 e. The molecule has 1 aliphatic carbocycles. The molecule has 1 N–H and O–H groups in total. The number of Topliss-reactive ketones (excluding diaryl/α,β-unsaturated/α-hetero) is 1. The van der Waals surface area contributed by atoms with Crippen LogP contribution in [0.15, 0.2) is 11.3 Å². The van der Waals surface area contributed by atoms with Crippen LogP contribution in [0.4, 0.5) is 0 Å². The van der Waals surface area contributed by atoms with Crippen molar-refractivity contribution in [2.75, 3.05) is 0 Å². The van der Waals surface area contributed by atoms with Crippen LogP contribution in [0.5, 0.6) is 0 Å². The first-order valence-electron chi connectivity index (χ1n) is 4.12. The van der Waals surface area contributed by atoms with E-state index in [-0.39, 0.29) is 17.5 Å². The van der Waals surface area contributed by atoms with Gasteiger partial charge in [0.05, 0.1) is 0 Å². The smallest absolute Gasteiger partial charge is 0.197 e. The van der Waals surface area contributed by atoms with Gasteiger partial charge in [-0.3, -0.25) is 4.79 Å². The predicted molar refractivity (Wildman–Crippen MR) is 43.4 cm³/mol. The van der Waals surface area contributed by atoms with Crippen molar-refractivity contribution < 1.29 is 9.90 Å². The lowest BCUT2D eigenvalue weighted by Crippen LogP contribution is -1.94. The molecule has 1 unspecified atom stereocenters. The highest BCUT2D eigenvalue weighted by molar-refractivity contribution is 5.96. The first-order valence-corrected chi connectivity index (χ1v) is 4.12. The Balaban J connectivity index is 2.79. The van der Waals surface area contributed by atoms with Crippen LogP contribution in [0.2, 0.25) is 0 Å². The van der Waals surface area contributed by atoms with Crippen LogP contribution in [-0.4, -0.2) is 10.9 Å². The summed E-state index contributed by atoms with van der Waals surface area (Å²) in [6, 6.07) is 0. The number of carbonyl (C=O) groups excluding carboxylic acids is 1. The van der Waals surface area contributed by atoms with Gasteiger partial charge < -0.3 is 5.11 Å². The predicted octanol–water partition coefficient (Wildman–Crippen LogP) is 2.21.